The molecule has 8 aromatic rings. The lowest BCUT2D eigenvalue weighted by atomic mass is 9.72. The largest absolute Gasteiger partial charge is 0.489 e. The van der Waals surface area contributed by atoms with Crippen LogP contribution in [-0.2, 0) is 21.5 Å². The summed E-state index contributed by atoms with van der Waals surface area (Å²) >= 11 is 28.2. The summed E-state index contributed by atoms with van der Waals surface area (Å²) in [6.07, 6.45) is 1.43. The number of thiophene rings is 2. The van der Waals surface area contributed by atoms with Crippen molar-refractivity contribution >= 4 is 92.7 Å². The zero-order valence-electron chi connectivity index (χ0n) is 44.7. The van der Waals surface area contributed by atoms with Crippen LogP contribution in [0.3, 0.4) is 0 Å². The Balaban J connectivity index is 0.000000200. The first-order chi connectivity index (χ1) is 40.1. The molecule has 83 heavy (non-hydrogen) atoms. The van der Waals surface area contributed by atoms with Gasteiger partial charge in [-0.05, 0) is 96.5 Å². The van der Waals surface area contributed by atoms with Crippen LogP contribution in [0.1, 0.15) is 56.2 Å². The number of aliphatic hydroxyl groups excluding tert-OH is 2. The molecule has 0 saturated carbocycles. The van der Waals surface area contributed by atoms with Crippen molar-refractivity contribution in [2.45, 2.75) is 43.2 Å². The van der Waals surface area contributed by atoms with E-state index < -0.39 is 16.9 Å². The summed E-state index contributed by atoms with van der Waals surface area (Å²) in [4.78, 5) is 59.2. The number of amides is 4. The van der Waals surface area contributed by atoms with E-state index in [-0.39, 0.29) is 63.1 Å². The Bertz CT molecular complexity index is 3590. The third-order valence-corrected chi connectivity index (χ3v) is 18.5. The molecule has 0 unspecified atom stereocenters. The van der Waals surface area contributed by atoms with E-state index in [0.29, 0.717) is 97.8 Å². The first kappa shape index (κ1) is 60.8. The number of hydrogen-bond acceptors (Lipinski definition) is 11. The average molecular weight is 1240 g/mol. The van der Waals surface area contributed by atoms with Crippen LogP contribution >= 0.6 is 69.1 Å². The predicted molar refractivity (Wildman–Crippen MR) is 328 cm³/mol. The van der Waals surface area contributed by atoms with Crippen LogP contribution in [0.15, 0.2) is 152 Å². The van der Waals surface area contributed by atoms with E-state index in [0.717, 1.165) is 43.1 Å². The van der Waals surface area contributed by atoms with Crippen molar-refractivity contribution in [1.82, 2.24) is 15.1 Å². The second-order valence-corrected chi connectivity index (χ2v) is 23.6. The van der Waals surface area contributed by atoms with Gasteiger partial charge in [0.15, 0.2) is 11.5 Å². The van der Waals surface area contributed by atoms with Gasteiger partial charge in [0.05, 0.1) is 18.6 Å². The Morgan fingerprint density at radius 2 is 0.976 bits per heavy atom. The summed E-state index contributed by atoms with van der Waals surface area (Å²) in [6, 6.07) is 44.8. The third kappa shape index (κ3) is 13.4. The highest BCUT2D eigenvalue weighted by atomic mass is 35.5. The van der Waals surface area contributed by atoms with Crippen molar-refractivity contribution in [3.8, 4) is 54.6 Å². The van der Waals surface area contributed by atoms with Crippen LogP contribution in [-0.4, -0.2) is 102 Å². The van der Waals surface area contributed by atoms with Crippen LogP contribution < -0.4 is 26.3 Å². The molecule has 2 saturated heterocycles. The smallest absolute Gasteiger partial charge is 0.267 e. The standard InChI is InChI=1S/C32H30Cl2FN3O4S.C31H28Cl2N2O4S/c33-22-9-7-21(8-10-22)26-27(42-18-17-39)29(43-28(26)24-3-1-2-4-25(24)34)30(40)38-15-13-32(14-16-38,31(36)41)37-19-20-5-11-23(35)12-6-20;32-22-12-10-20(11-13-22)25-26(39-19-18-36)28(40-27(25)23-8-4-5-9-24(23)33)29(37)35-16-14-31(15-17-35,30(34)38)21-6-2-1-3-7-21/h1-12,37,39H,13-19H2,(H2,36,41);1-13,36H,14-19H2,(H2,34,38). The molecule has 2 aromatic heterocycles. The summed E-state index contributed by atoms with van der Waals surface area (Å²) in [6.45, 7) is 1.11. The quantitative estimate of drug-likeness (QED) is 0.0555. The van der Waals surface area contributed by atoms with Crippen molar-refractivity contribution in [3.05, 3.63) is 198 Å². The van der Waals surface area contributed by atoms with Crippen molar-refractivity contribution in [1.29, 1.82) is 0 Å². The molecule has 0 aliphatic carbocycles. The summed E-state index contributed by atoms with van der Waals surface area (Å²) in [5, 5.41) is 24.7. The number of aliphatic hydroxyl groups is 2. The van der Waals surface area contributed by atoms with E-state index in [9.17, 15) is 33.8 Å². The Kier molecular flexibility index (Phi) is 20.0. The lowest BCUT2D eigenvalue weighted by molar-refractivity contribution is -0.126. The lowest BCUT2D eigenvalue weighted by Crippen LogP contribution is -2.61. The Hall–Kier alpha value is -6.83. The molecule has 2 aliphatic rings. The first-order valence-corrected chi connectivity index (χ1v) is 29.8. The maximum atomic E-state index is 14.1. The van der Waals surface area contributed by atoms with Gasteiger partial charge in [-0.1, -0.05) is 150 Å². The monoisotopic (exact) mass is 1240 g/mol. The number of nitrogens with zero attached hydrogens (tertiary/aromatic N) is 2. The topological polar surface area (TPSA) is 198 Å². The minimum atomic E-state index is -1.02. The van der Waals surface area contributed by atoms with E-state index in [4.69, 9.17) is 67.3 Å². The molecule has 0 spiro atoms. The van der Waals surface area contributed by atoms with E-state index in [1.54, 1.807) is 58.3 Å². The van der Waals surface area contributed by atoms with Crippen LogP contribution in [0.25, 0.3) is 43.1 Å². The molecule has 4 heterocycles. The number of primary amides is 2. The van der Waals surface area contributed by atoms with Gasteiger partial charge in [0.25, 0.3) is 11.8 Å². The summed E-state index contributed by atoms with van der Waals surface area (Å²) in [5.41, 5.74) is 16.1. The summed E-state index contributed by atoms with van der Waals surface area (Å²) < 4.78 is 25.5. The van der Waals surface area contributed by atoms with Crippen LogP contribution in [0, 0.1) is 5.82 Å². The SMILES string of the molecule is NC(=O)C1(NCc2ccc(F)cc2)CCN(C(=O)c2sc(-c3ccccc3Cl)c(-c3ccc(Cl)cc3)c2OCCO)CC1.NC(=O)C1(c2ccccc2)CCN(C(=O)c2sc(-c3ccccc3Cl)c(-c3ccc(Cl)cc3)c2OCCO)CC1. The van der Waals surface area contributed by atoms with Gasteiger partial charge in [0, 0.05) is 84.8 Å². The normalized spacial score (nSPS) is 14.5. The zero-order chi connectivity index (χ0) is 58.8. The van der Waals surface area contributed by atoms with Gasteiger partial charge in [-0.3, -0.25) is 24.5 Å². The molecule has 13 nitrogen and oxygen atoms in total. The molecule has 6 aromatic carbocycles. The number of carbonyl (C=O) groups is 4. The maximum absolute atomic E-state index is 14.1. The number of halogens is 5. The van der Waals surface area contributed by atoms with Crippen LogP contribution in [0.2, 0.25) is 20.1 Å². The number of likely N-dealkylation sites (tertiary alicyclic amines) is 2. The van der Waals surface area contributed by atoms with Crippen molar-refractivity contribution in [2.24, 2.45) is 11.5 Å². The number of carbonyl (C=O) groups excluding carboxylic acids is 4. The van der Waals surface area contributed by atoms with E-state index >= 15 is 0 Å². The fraction of sp³-hybridized carbons (Fsp3) is 0.238. The highest BCUT2D eigenvalue weighted by Crippen LogP contribution is 2.52. The molecular formula is C63H58Cl4FN5O8S2. The number of rotatable bonds is 18. The fourth-order valence-corrected chi connectivity index (χ4v) is 13.8. The lowest BCUT2D eigenvalue weighted by Gasteiger charge is -2.40. The zero-order valence-corrected chi connectivity index (χ0v) is 49.4. The van der Waals surface area contributed by atoms with Crippen LogP contribution in [0.5, 0.6) is 11.5 Å². The van der Waals surface area contributed by atoms with Gasteiger partial charge < -0.3 is 41.0 Å². The number of hydrogen-bond donors (Lipinski definition) is 5. The number of piperidine rings is 2. The Morgan fingerprint density at radius 1 is 0.554 bits per heavy atom. The maximum Gasteiger partial charge on any atom is 0.267 e. The van der Waals surface area contributed by atoms with E-state index in [1.165, 1.54) is 34.8 Å². The van der Waals surface area contributed by atoms with E-state index in [2.05, 4.69) is 5.32 Å². The number of nitrogens with one attached hydrogen (secondary N) is 1. The van der Waals surface area contributed by atoms with E-state index in [1.807, 2.05) is 91.0 Å². The summed E-state index contributed by atoms with van der Waals surface area (Å²) in [7, 11) is 0. The highest BCUT2D eigenvalue weighted by molar-refractivity contribution is 7.19. The third-order valence-electron chi connectivity index (χ3n) is 14.9. The number of benzene rings is 6. The molecule has 430 valence electrons. The van der Waals surface area contributed by atoms with Gasteiger partial charge in [-0.2, -0.15) is 0 Å². The Morgan fingerprint density at radius 3 is 1.39 bits per heavy atom. The minimum absolute atomic E-state index is 0.0123. The van der Waals surface area contributed by atoms with Gasteiger partial charge in [-0.25, -0.2) is 4.39 Å². The number of nitrogens with two attached hydrogens (primary N) is 2. The van der Waals surface area contributed by atoms with Crippen molar-refractivity contribution < 1.29 is 43.3 Å². The number of ether oxygens (including phenoxy) is 2. The molecule has 2 fully saturated rings. The second-order valence-electron chi connectivity index (χ2n) is 19.9. The van der Waals surface area contributed by atoms with Crippen molar-refractivity contribution in [2.75, 3.05) is 52.6 Å². The highest BCUT2D eigenvalue weighted by Gasteiger charge is 2.44. The van der Waals surface area contributed by atoms with Crippen molar-refractivity contribution in [3.63, 3.8) is 0 Å². The van der Waals surface area contributed by atoms with Gasteiger partial charge >= 0.3 is 0 Å². The van der Waals surface area contributed by atoms with Gasteiger partial charge in [-0.15, -0.1) is 22.7 Å². The van der Waals surface area contributed by atoms with Crippen LogP contribution in [0.4, 0.5) is 4.39 Å². The Labute approximate surface area is 508 Å². The van der Waals surface area contributed by atoms with Gasteiger partial charge in [0.2, 0.25) is 11.8 Å². The molecule has 0 bridgehead atoms. The molecule has 20 heteroatoms. The fourth-order valence-electron chi connectivity index (χ4n) is 10.4. The molecule has 2 aliphatic heterocycles. The molecule has 4 amide bonds. The predicted octanol–water partition coefficient (Wildman–Crippen LogP) is 12.6. The molecule has 0 radical (unpaired) electrons. The molecule has 0 atom stereocenters. The summed E-state index contributed by atoms with van der Waals surface area (Å²) in [5.74, 6) is -0.969. The molecule has 7 N–H and O–H groups in total. The second kappa shape index (κ2) is 27.3. The minimum Gasteiger partial charge on any atom is -0.489 e. The average Bonchev–Trinajstić information content (AvgIpc) is 2.51. The molecule has 10 rings (SSSR count). The van der Waals surface area contributed by atoms with Gasteiger partial charge in [0.1, 0.15) is 34.3 Å². The first-order valence-electron chi connectivity index (χ1n) is 26.6. The molecular weight excluding hydrogens is 1180 g/mol.